The molecule has 212 valence electrons. The highest BCUT2D eigenvalue weighted by molar-refractivity contribution is 5.38. The van der Waals surface area contributed by atoms with Crippen molar-refractivity contribution in [1.82, 2.24) is 0 Å². The molecule has 0 N–H and O–H groups in total. The lowest BCUT2D eigenvalue weighted by Gasteiger charge is -2.50. The van der Waals surface area contributed by atoms with E-state index in [4.69, 9.17) is 28.4 Å². The second-order valence-electron chi connectivity index (χ2n) is 10.5. The number of methoxy groups -OCH3 is 1. The van der Waals surface area contributed by atoms with Crippen molar-refractivity contribution in [1.29, 1.82) is 0 Å². The summed E-state index contributed by atoms with van der Waals surface area (Å²) in [4.78, 5) is 0. The predicted octanol–water partition coefficient (Wildman–Crippen LogP) is 6.50. The Morgan fingerprint density at radius 3 is 1.76 bits per heavy atom. The van der Waals surface area contributed by atoms with Crippen LogP contribution in [0.1, 0.15) is 28.4 Å². The molecule has 0 bridgehead atoms. The maximum absolute atomic E-state index is 6.76. The van der Waals surface area contributed by atoms with E-state index in [-0.39, 0.29) is 18.1 Å². The highest BCUT2D eigenvalue weighted by Gasteiger charge is 2.54. The van der Waals surface area contributed by atoms with Crippen LogP contribution in [0.4, 0.5) is 0 Å². The van der Waals surface area contributed by atoms with Gasteiger partial charge in [0.25, 0.3) is 0 Å². The smallest absolute Gasteiger partial charge is 0.208 e. The molecule has 6 heteroatoms. The molecule has 2 aliphatic rings. The van der Waals surface area contributed by atoms with Gasteiger partial charge >= 0.3 is 0 Å². The van der Waals surface area contributed by atoms with Crippen LogP contribution in [-0.4, -0.2) is 38.3 Å². The van der Waals surface area contributed by atoms with Crippen molar-refractivity contribution in [3.8, 4) is 5.75 Å². The van der Waals surface area contributed by atoms with Crippen molar-refractivity contribution in [2.24, 2.45) is 5.92 Å². The maximum atomic E-state index is 6.76. The van der Waals surface area contributed by atoms with Crippen LogP contribution < -0.4 is 4.74 Å². The lowest BCUT2D eigenvalue weighted by molar-refractivity contribution is -0.306. The first-order valence-electron chi connectivity index (χ1n) is 14.2. The Labute approximate surface area is 241 Å². The van der Waals surface area contributed by atoms with Crippen LogP contribution in [0.25, 0.3) is 0 Å². The summed E-state index contributed by atoms with van der Waals surface area (Å²) in [6.45, 7) is 1.64. The van der Waals surface area contributed by atoms with E-state index in [1.807, 2.05) is 78.9 Å². The zero-order chi connectivity index (χ0) is 27.9. The normalized spacial score (nSPS) is 25.1. The van der Waals surface area contributed by atoms with Crippen molar-refractivity contribution in [2.75, 3.05) is 13.7 Å². The summed E-state index contributed by atoms with van der Waals surface area (Å²) in [7, 11) is 1.73. The molecular weight excluding hydrogens is 516 g/mol. The Kier molecular flexibility index (Phi) is 9.05. The molecule has 6 atom stereocenters. The fourth-order valence-corrected chi connectivity index (χ4v) is 5.73. The third-order valence-electron chi connectivity index (χ3n) is 7.73. The van der Waals surface area contributed by atoms with Gasteiger partial charge in [-0.15, -0.1) is 0 Å². The van der Waals surface area contributed by atoms with Crippen molar-refractivity contribution in [2.45, 2.75) is 50.5 Å². The van der Waals surface area contributed by atoms with Crippen LogP contribution in [0.3, 0.4) is 0 Å². The summed E-state index contributed by atoms with van der Waals surface area (Å²) in [6, 6.07) is 38.4. The molecule has 0 radical (unpaired) electrons. The van der Waals surface area contributed by atoms with E-state index in [1.54, 1.807) is 7.11 Å². The van der Waals surface area contributed by atoms with E-state index in [2.05, 4.69) is 36.4 Å². The molecule has 0 saturated carbocycles. The monoisotopic (exact) mass is 552 g/mol. The molecule has 6 nitrogen and oxygen atoms in total. The van der Waals surface area contributed by atoms with Crippen molar-refractivity contribution in [3.63, 3.8) is 0 Å². The number of hydrogen-bond donors (Lipinski definition) is 0. The standard InChI is InChI=1S/C35H36O6/c1-36-32-28-19-11-12-20-29(28)40-35-31(32)34(39-23-27-17-9-4-10-18-27)33(38-22-26-15-7-3-8-16-26)30(41-35)24-37-21-25-13-5-2-6-14-25/h2-20,30-35H,21-24H2,1H3/t30-,31+,32+,33-,34-,35-/m1/s1. The van der Waals surface area contributed by atoms with Gasteiger partial charge in [-0.05, 0) is 22.8 Å². The van der Waals surface area contributed by atoms with E-state index in [1.165, 1.54) is 0 Å². The quantitative estimate of drug-likeness (QED) is 0.212. The molecule has 4 aromatic carbocycles. The molecule has 0 spiro atoms. The average molecular weight is 553 g/mol. The highest BCUT2D eigenvalue weighted by atomic mass is 16.7. The zero-order valence-electron chi connectivity index (χ0n) is 23.2. The summed E-state index contributed by atoms with van der Waals surface area (Å²) in [5.74, 6) is 0.500. The summed E-state index contributed by atoms with van der Waals surface area (Å²) in [5.41, 5.74) is 4.24. The number of ether oxygens (including phenoxy) is 6. The lowest BCUT2D eigenvalue weighted by atomic mass is 9.81. The van der Waals surface area contributed by atoms with Crippen molar-refractivity contribution in [3.05, 3.63) is 138 Å². The minimum atomic E-state index is -0.586. The van der Waals surface area contributed by atoms with Gasteiger partial charge in [0, 0.05) is 12.7 Å². The Morgan fingerprint density at radius 2 is 1.15 bits per heavy atom. The SMILES string of the molecule is CO[C@H]1c2ccccc2O[C@@H]2O[C@H](COCc3ccccc3)[C@@H](OCc3ccccc3)[C@H](OCc3ccccc3)[C@@H]21. The van der Waals surface area contributed by atoms with Gasteiger partial charge < -0.3 is 28.4 Å². The van der Waals surface area contributed by atoms with Gasteiger partial charge in [-0.3, -0.25) is 0 Å². The van der Waals surface area contributed by atoms with E-state index >= 15 is 0 Å². The molecule has 0 aromatic heterocycles. The lowest BCUT2D eigenvalue weighted by Crippen LogP contribution is -2.61. The van der Waals surface area contributed by atoms with Gasteiger partial charge in [0.15, 0.2) is 0 Å². The van der Waals surface area contributed by atoms with Crippen LogP contribution in [-0.2, 0) is 43.5 Å². The third kappa shape index (κ3) is 6.53. The molecule has 0 amide bonds. The molecule has 4 aromatic rings. The van der Waals surface area contributed by atoms with E-state index in [0.29, 0.717) is 26.4 Å². The van der Waals surface area contributed by atoms with Gasteiger partial charge in [-0.1, -0.05) is 109 Å². The molecular formula is C35H36O6. The van der Waals surface area contributed by atoms with Crippen LogP contribution in [0.2, 0.25) is 0 Å². The second kappa shape index (κ2) is 13.4. The van der Waals surface area contributed by atoms with Gasteiger partial charge in [-0.25, -0.2) is 0 Å². The number of benzene rings is 4. The molecule has 2 aliphatic heterocycles. The molecule has 1 saturated heterocycles. The summed E-state index contributed by atoms with van der Waals surface area (Å²) >= 11 is 0. The van der Waals surface area contributed by atoms with Crippen LogP contribution >= 0.6 is 0 Å². The largest absolute Gasteiger partial charge is 0.464 e. The molecule has 0 unspecified atom stereocenters. The topological polar surface area (TPSA) is 55.4 Å². The number of fused-ring (bicyclic) bond motifs is 2. The van der Waals surface area contributed by atoms with Gasteiger partial charge in [0.1, 0.15) is 18.0 Å². The highest BCUT2D eigenvalue weighted by Crippen LogP contribution is 2.47. The number of hydrogen-bond acceptors (Lipinski definition) is 6. The fraction of sp³-hybridized carbons (Fsp3) is 0.314. The number of rotatable bonds is 11. The van der Waals surface area contributed by atoms with Crippen molar-refractivity contribution >= 4 is 0 Å². The number of para-hydroxylation sites is 1. The Morgan fingerprint density at radius 1 is 0.610 bits per heavy atom. The summed E-state index contributed by atoms with van der Waals surface area (Å²) in [5, 5.41) is 0. The summed E-state index contributed by atoms with van der Waals surface area (Å²) < 4.78 is 38.9. The minimum absolute atomic E-state index is 0.259. The first-order chi connectivity index (χ1) is 20.3. The van der Waals surface area contributed by atoms with Gasteiger partial charge in [-0.2, -0.15) is 0 Å². The minimum Gasteiger partial charge on any atom is -0.464 e. The van der Waals surface area contributed by atoms with E-state index in [9.17, 15) is 0 Å². The van der Waals surface area contributed by atoms with E-state index < -0.39 is 18.5 Å². The van der Waals surface area contributed by atoms with Gasteiger partial charge in [0.2, 0.25) is 6.29 Å². The molecule has 1 fully saturated rings. The van der Waals surface area contributed by atoms with Crippen LogP contribution in [0, 0.1) is 5.92 Å². The molecule has 41 heavy (non-hydrogen) atoms. The fourth-order valence-electron chi connectivity index (χ4n) is 5.73. The average Bonchev–Trinajstić information content (AvgIpc) is 3.03. The molecule has 0 aliphatic carbocycles. The maximum Gasteiger partial charge on any atom is 0.208 e. The first kappa shape index (κ1) is 27.6. The van der Waals surface area contributed by atoms with Crippen LogP contribution in [0.15, 0.2) is 115 Å². The van der Waals surface area contributed by atoms with E-state index in [0.717, 1.165) is 28.0 Å². The van der Waals surface area contributed by atoms with Gasteiger partial charge in [0.05, 0.1) is 44.6 Å². The van der Waals surface area contributed by atoms with Crippen LogP contribution in [0.5, 0.6) is 5.75 Å². The Hall–Kier alpha value is -3.52. The second-order valence-corrected chi connectivity index (χ2v) is 10.5. The molecule has 6 rings (SSSR count). The zero-order valence-corrected chi connectivity index (χ0v) is 23.2. The predicted molar refractivity (Wildman–Crippen MR) is 155 cm³/mol. The Bertz CT molecular complexity index is 1350. The first-order valence-corrected chi connectivity index (χ1v) is 14.2. The van der Waals surface area contributed by atoms with Crippen molar-refractivity contribution < 1.29 is 28.4 Å². The Balaban J connectivity index is 1.31. The summed E-state index contributed by atoms with van der Waals surface area (Å²) in [6.07, 6.45) is -2.12. The molecule has 2 heterocycles. The third-order valence-corrected chi connectivity index (χ3v) is 7.73.